The van der Waals surface area contributed by atoms with E-state index in [1.54, 1.807) is 7.05 Å². The van der Waals surface area contributed by atoms with Gasteiger partial charge in [0.15, 0.2) is 0 Å². The molecule has 0 heterocycles. The Balaban J connectivity index is 3.48. The maximum absolute atomic E-state index is 11.3. The molecule has 1 unspecified atom stereocenters. The van der Waals surface area contributed by atoms with E-state index in [0.29, 0.717) is 19.5 Å². The number of carboxylic acid groups (broad SMARTS) is 1. The molecule has 1 atom stereocenters. The topological polar surface area (TPSA) is 78.4 Å². The van der Waals surface area contributed by atoms with Crippen molar-refractivity contribution in [2.24, 2.45) is 5.92 Å². The van der Waals surface area contributed by atoms with Crippen molar-refractivity contribution in [3.05, 3.63) is 0 Å². The second-order valence-electron chi connectivity index (χ2n) is 3.25. The van der Waals surface area contributed by atoms with Crippen LogP contribution in [0.4, 0.5) is 0 Å². The van der Waals surface area contributed by atoms with Gasteiger partial charge in [-0.1, -0.05) is 6.92 Å². The first kappa shape index (κ1) is 12.9. The third-order valence-corrected chi connectivity index (χ3v) is 1.82. The SMILES string of the molecule is CNCC(C)C(=O)NCCCC(=O)O. The van der Waals surface area contributed by atoms with Gasteiger partial charge in [-0.05, 0) is 13.5 Å². The molecular weight excluding hydrogens is 184 g/mol. The Labute approximate surface area is 83.9 Å². The molecule has 0 bridgehead atoms. The van der Waals surface area contributed by atoms with E-state index in [1.807, 2.05) is 6.92 Å². The van der Waals surface area contributed by atoms with Gasteiger partial charge in [-0.2, -0.15) is 0 Å². The summed E-state index contributed by atoms with van der Waals surface area (Å²) in [6, 6.07) is 0. The van der Waals surface area contributed by atoms with Crippen LogP contribution >= 0.6 is 0 Å². The van der Waals surface area contributed by atoms with Crippen LogP contribution in [-0.4, -0.2) is 37.1 Å². The van der Waals surface area contributed by atoms with Crippen molar-refractivity contribution in [3.63, 3.8) is 0 Å². The van der Waals surface area contributed by atoms with E-state index in [-0.39, 0.29) is 18.2 Å². The third kappa shape index (κ3) is 6.42. The molecule has 5 nitrogen and oxygen atoms in total. The molecule has 0 aliphatic rings. The number of rotatable bonds is 7. The summed E-state index contributed by atoms with van der Waals surface area (Å²) in [4.78, 5) is 21.4. The first-order valence-electron chi connectivity index (χ1n) is 4.72. The van der Waals surface area contributed by atoms with Crippen LogP contribution in [0.25, 0.3) is 0 Å². The molecular formula is C9H18N2O3. The summed E-state index contributed by atoms with van der Waals surface area (Å²) in [5, 5.41) is 13.9. The largest absolute Gasteiger partial charge is 0.481 e. The van der Waals surface area contributed by atoms with Gasteiger partial charge >= 0.3 is 5.97 Å². The van der Waals surface area contributed by atoms with Crippen LogP contribution in [0, 0.1) is 5.92 Å². The van der Waals surface area contributed by atoms with E-state index in [2.05, 4.69) is 10.6 Å². The molecule has 0 rings (SSSR count). The van der Waals surface area contributed by atoms with Crippen LogP contribution in [0.2, 0.25) is 0 Å². The monoisotopic (exact) mass is 202 g/mol. The van der Waals surface area contributed by atoms with Crippen molar-refractivity contribution in [1.29, 1.82) is 0 Å². The van der Waals surface area contributed by atoms with Crippen LogP contribution in [-0.2, 0) is 9.59 Å². The second-order valence-corrected chi connectivity index (χ2v) is 3.25. The van der Waals surface area contributed by atoms with Crippen LogP contribution in [0.3, 0.4) is 0 Å². The van der Waals surface area contributed by atoms with Gasteiger partial charge in [0, 0.05) is 25.4 Å². The number of carbonyl (C=O) groups is 2. The van der Waals surface area contributed by atoms with Gasteiger partial charge in [-0.25, -0.2) is 0 Å². The Morgan fingerprint density at radius 1 is 1.43 bits per heavy atom. The maximum atomic E-state index is 11.3. The summed E-state index contributed by atoms with van der Waals surface area (Å²) in [5.74, 6) is -0.947. The van der Waals surface area contributed by atoms with Gasteiger partial charge in [0.05, 0.1) is 0 Å². The average molecular weight is 202 g/mol. The highest BCUT2D eigenvalue weighted by atomic mass is 16.4. The van der Waals surface area contributed by atoms with Crippen LogP contribution in [0.15, 0.2) is 0 Å². The van der Waals surface area contributed by atoms with Crippen LogP contribution in [0.5, 0.6) is 0 Å². The predicted molar refractivity (Wildman–Crippen MR) is 53.0 cm³/mol. The van der Waals surface area contributed by atoms with Gasteiger partial charge in [-0.15, -0.1) is 0 Å². The highest BCUT2D eigenvalue weighted by Gasteiger charge is 2.10. The number of carboxylic acids is 1. The Morgan fingerprint density at radius 2 is 2.07 bits per heavy atom. The van der Waals surface area contributed by atoms with Gasteiger partial charge in [0.25, 0.3) is 0 Å². The summed E-state index contributed by atoms with van der Waals surface area (Å²) in [6.45, 7) is 2.88. The first-order chi connectivity index (χ1) is 6.57. The van der Waals surface area contributed by atoms with E-state index in [9.17, 15) is 9.59 Å². The highest BCUT2D eigenvalue weighted by molar-refractivity contribution is 5.78. The lowest BCUT2D eigenvalue weighted by atomic mass is 10.1. The minimum absolute atomic E-state index is 0.0373. The number of hydrogen-bond donors (Lipinski definition) is 3. The highest BCUT2D eigenvalue weighted by Crippen LogP contribution is 1.93. The number of hydrogen-bond acceptors (Lipinski definition) is 3. The molecule has 0 fully saturated rings. The molecule has 0 aromatic rings. The fourth-order valence-corrected chi connectivity index (χ4v) is 1.02. The molecule has 0 aromatic heterocycles. The summed E-state index contributed by atoms with van der Waals surface area (Å²) in [5.41, 5.74) is 0. The molecule has 0 saturated carbocycles. The molecule has 0 saturated heterocycles. The fourth-order valence-electron chi connectivity index (χ4n) is 1.02. The van der Waals surface area contributed by atoms with E-state index >= 15 is 0 Å². The van der Waals surface area contributed by atoms with Crippen LogP contribution in [0.1, 0.15) is 19.8 Å². The standard InChI is InChI=1S/C9H18N2O3/c1-7(6-10-2)9(14)11-5-3-4-8(12)13/h7,10H,3-6H2,1-2H3,(H,11,14)(H,12,13). The molecule has 0 aliphatic carbocycles. The van der Waals surface area contributed by atoms with Gasteiger partial charge < -0.3 is 15.7 Å². The number of nitrogens with one attached hydrogen (secondary N) is 2. The van der Waals surface area contributed by atoms with Gasteiger partial charge in [-0.3, -0.25) is 9.59 Å². The molecule has 0 aliphatic heterocycles. The van der Waals surface area contributed by atoms with Crippen molar-refractivity contribution in [1.82, 2.24) is 10.6 Å². The van der Waals surface area contributed by atoms with Crippen molar-refractivity contribution in [2.45, 2.75) is 19.8 Å². The first-order valence-corrected chi connectivity index (χ1v) is 4.72. The lowest BCUT2D eigenvalue weighted by Crippen LogP contribution is -2.34. The Bertz CT molecular complexity index is 194. The molecule has 1 amide bonds. The summed E-state index contributed by atoms with van der Waals surface area (Å²) < 4.78 is 0. The molecule has 14 heavy (non-hydrogen) atoms. The summed E-state index contributed by atoms with van der Waals surface area (Å²) in [6.07, 6.45) is 0.577. The zero-order chi connectivity index (χ0) is 11.0. The predicted octanol–water partition coefficient (Wildman–Crippen LogP) is -0.177. The minimum Gasteiger partial charge on any atom is -0.481 e. The second kappa shape index (κ2) is 7.32. The smallest absolute Gasteiger partial charge is 0.303 e. The molecule has 82 valence electrons. The molecule has 3 N–H and O–H groups in total. The number of aliphatic carboxylic acids is 1. The lowest BCUT2D eigenvalue weighted by Gasteiger charge is -2.10. The van der Waals surface area contributed by atoms with Crippen molar-refractivity contribution in [2.75, 3.05) is 20.1 Å². The molecule has 0 aromatic carbocycles. The zero-order valence-electron chi connectivity index (χ0n) is 8.67. The van der Waals surface area contributed by atoms with E-state index in [0.717, 1.165) is 0 Å². The zero-order valence-corrected chi connectivity index (χ0v) is 8.67. The summed E-state index contributed by atoms with van der Waals surface area (Å²) >= 11 is 0. The molecule has 5 heteroatoms. The average Bonchev–Trinajstić information content (AvgIpc) is 2.12. The maximum Gasteiger partial charge on any atom is 0.303 e. The van der Waals surface area contributed by atoms with Crippen molar-refractivity contribution in [3.8, 4) is 0 Å². The minimum atomic E-state index is -0.831. The van der Waals surface area contributed by atoms with Gasteiger partial charge in [0.2, 0.25) is 5.91 Å². The number of amides is 1. The van der Waals surface area contributed by atoms with Crippen LogP contribution < -0.4 is 10.6 Å². The quantitative estimate of drug-likeness (QED) is 0.500. The fraction of sp³-hybridized carbons (Fsp3) is 0.778. The Kier molecular flexibility index (Phi) is 6.74. The van der Waals surface area contributed by atoms with E-state index in [4.69, 9.17) is 5.11 Å². The Morgan fingerprint density at radius 3 is 2.57 bits per heavy atom. The molecule has 0 spiro atoms. The van der Waals surface area contributed by atoms with Crippen molar-refractivity contribution >= 4 is 11.9 Å². The molecule has 0 radical (unpaired) electrons. The van der Waals surface area contributed by atoms with Crippen molar-refractivity contribution < 1.29 is 14.7 Å². The third-order valence-electron chi connectivity index (χ3n) is 1.82. The normalized spacial score (nSPS) is 12.1. The van der Waals surface area contributed by atoms with Gasteiger partial charge in [0.1, 0.15) is 0 Å². The van der Waals surface area contributed by atoms with E-state index < -0.39 is 5.97 Å². The number of carbonyl (C=O) groups excluding carboxylic acids is 1. The summed E-state index contributed by atoms with van der Waals surface area (Å²) in [7, 11) is 1.79. The lowest BCUT2D eigenvalue weighted by molar-refractivity contribution is -0.137. The van der Waals surface area contributed by atoms with E-state index in [1.165, 1.54) is 0 Å². The Hall–Kier alpha value is -1.10.